The highest BCUT2D eigenvalue weighted by Gasteiger charge is 2.31. The van der Waals surface area contributed by atoms with Crippen molar-refractivity contribution in [3.63, 3.8) is 0 Å². The lowest BCUT2D eigenvalue weighted by molar-refractivity contribution is -0.934. The molecule has 0 spiro atoms. The molecular weight excluding hydrogens is 1050 g/mol. The van der Waals surface area contributed by atoms with E-state index in [0.717, 1.165) is 6.04 Å². The fraction of sp³-hybridized carbons (Fsp3) is 1.00. The summed E-state index contributed by atoms with van der Waals surface area (Å²) >= 11 is 0. The number of unbranched alkanes of at least 4 members (excludes halogenated alkanes) is 72. The first-order chi connectivity index (χ1) is 43.1. The first kappa shape index (κ1) is 87.0. The summed E-state index contributed by atoms with van der Waals surface area (Å²) in [5.74, 6) is 0. The molecule has 0 bridgehead atoms. The lowest BCUT2D eigenvalue weighted by Crippen LogP contribution is -2.53. The van der Waals surface area contributed by atoms with Crippen LogP contribution in [0.1, 0.15) is 529 Å². The Morgan fingerprint density at radius 1 is 0.138 bits per heavy atom. The van der Waals surface area contributed by atoms with Crippen molar-refractivity contribution in [1.82, 2.24) is 0 Å². The van der Waals surface area contributed by atoms with Gasteiger partial charge in [-0.15, -0.1) is 0 Å². The van der Waals surface area contributed by atoms with Crippen LogP contribution in [0.4, 0.5) is 0 Å². The normalized spacial score (nSPS) is 12.1. The van der Waals surface area contributed by atoms with Gasteiger partial charge in [-0.2, -0.15) is 0 Å². The fourth-order valence-corrected chi connectivity index (χ4v) is 15.3. The van der Waals surface area contributed by atoms with E-state index in [4.69, 9.17) is 0 Å². The van der Waals surface area contributed by atoms with Gasteiger partial charge in [0, 0.05) is 0 Å². The van der Waals surface area contributed by atoms with Gasteiger partial charge in [0.05, 0.1) is 26.2 Å². The first-order valence-electron chi connectivity index (χ1n) is 43.0. The van der Waals surface area contributed by atoms with Gasteiger partial charge in [0.15, 0.2) is 0 Å². The molecule has 0 heterocycles. The van der Waals surface area contributed by atoms with E-state index < -0.39 is 0 Å². The Kier molecular flexibility index (Phi) is 78.4. The molecule has 0 aliphatic carbocycles. The van der Waals surface area contributed by atoms with Crippen LogP contribution in [-0.2, 0) is 0 Å². The molecule has 1 nitrogen and oxygen atoms in total. The molecule has 0 radical (unpaired) electrons. The Balaban J connectivity index is 5.05. The van der Waals surface area contributed by atoms with Crippen molar-refractivity contribution in [2.24, 2.45) is 0 Å². The molecule has 0 aromatic rings. The molecule has 524 valence electrons. The molecule has 0 aromatic carbocycles. The molecule has 1 heteroatoms. The summed E-state index contributed by atoms with van der Waals surface area (Å²) in [4.78, 5) is 0. The molecule has 0 N–H and O–H groups in total. The SMILES string of the molecule is CCCCCCCCCCCCCCCCCCCCCCC(CCCCCCCCCCCCCCCCCCCCCC)[N+](C)(CCCCCCCCCCCCCCCCCCCC)CCCCCCCCCCCCCCCCCCCC. The van der Waals surface area contributed by atoms with Gasteiger partial charge in [-0.25, -0.2) is 0 Å². The maximum atomic E-state index is 2.79. The molecule has 87 heavy (non-hydrogen) atoms. The summed E-state index contributed by atoms with van der Waals surface area (Å²) in [7, 11) is 2.79. The average molecular weight is 1220 g/mol. The number of rotatable bonds is 81. The summed E-state index contributed by atoms with van der Waals surface area (Å²) in [6, 6.07) is 0.896. The van der Waals surface area contributed by atoms with Gasteiger partial charge in [-0.1, -0.05) is 477 Å². The highest BCUT2D eigenvalue weighted by molar-refractivity contribution is 4.65. The van der Waals surface area contributed by atoms with Crippen LogP contribution in [0.15, 0.2) is 0 Å². The van der Waals surface area contributed by atoms with Crippen molar-refractivity contribution in [1.29, 1.82) is 0 Å². The van der Waals surface area contributed by atoms with Crippen LogP contribution < -0.4 is 0 Å². The Morgan fingerprint density at radius 2 is 0.241 bits per heavy atom. The van der Waals surface area contributed by atoms with Crippen molar-refractivity contribution < 1.29 is 4.48 Å². The van der Waals surface area contributed by atoms with Gasteiger partial charge in [0.1, 0.15) is 0 Å². The van der Waals surface area contributed by atoms with Crippen molar-refractivity contribution >= 4 is 0 Å². The topological polar surface area (TPSA) is 0 Å². The lowest BCUT2D eigenvalue weighted by atomic mass is 9.95. The monoisotopic (exact) mass is 1220 g/mol. The molecule has 0 rings (SSSR count). The third-order valence-corrected chi connectivity index (χ3v) is 21.7. The standard InChI is InChI=1S/C86H176N/c1-6-10-14-18-22-26-30-34-38-42-46-48-50-54-58-62-66-70-74-78-82-86(83-79-75-71-67-63-59-55-51-49-47-43-39-35-31-27-23-19-15-11-7-2)87(5,84-80-76-72-68-64-60-56-52-44-40-36-32-28-24-20-16-12-8-3)85-81-77-73-69-65-61-57-53-45-41-37-33-29-25-21-17-13-9-4/h86H,6-85H2,1-5H3/q+1. The van der Waals surface area contributed by atoms with E-state index in [9.17, 15) is 0 Å². The smallest absolute Gasteiger partial charge is 0.0888 e. The first-order valence-corrected chi connectivity index (χ1v) is 43.0. The van der Waals surface area contributed by atoms with E-state index in [-0.39, 0.29) is 0 Å². The van der Waals surface area contributed by atoms with E-state index in [0.29, 0.717) is 0 Å². The summed E-state index contributed by atoms with van der Waals surface area (Å²) < 4.78 is 1.41. The largest absolute Gasteiger partial charge is 0.324 e. The van der Waals surface area contributed by atoms with Crippen LogP contribution in [0.2, 0.25) is 0 Å². The van der Waals surface area contributed by atoms with Gasteiger partial charge < -0.3 is 4.48 Å². The summed E-state index contributed by atoms with van der Waals surface area (Å²) in [6.45, 7) is 12.2. The second kappa shape index (κ2) is 78.4. The molecule has 0 aliphatic rings. The zero-order valence-electron chi connectivity index (χ0n) is 62.6. The Bertz CT molecular complexity index is 1070. The van der Waals surface area contributed by atoms with Crippen molar-refractivity contribution in [2.75, 3.05) is 20.1 Å². The molecule has 0 saturated carbocycles. The second-order valence-electron chi connectivity index (χ2n) is 30.6. The van der Waals surface area contributed by atoms with Crippen LogP contribution in [0, 0.1) is 0 Å². The Morgan fingerprint density at radius 3 is 0.368 bits per heavy atom. The van der Waals surface area contributed by atoms with Crippen LogP contribution in [0.3, 0.4) is 0 Å². The molecule has 0 aromatic heterocycles. The highest BCUT2D eigenvalue weighted by atomic mass is 15.4. The van der Waals surface area contributed by atoms with Gasteiger partial charge in [-0.05, 0) is 51.4 Å². The zero-order valence-corrected chi connectivity index (χ0v) is 62.6. The molecular formula is C86H176N+. The van der Waals surface area contributed by atoms with Crippen LogP contribution >= 0.6 is 0 Å². The van der Waals surface area contributed by atoms with E-state index >= 15 is 0 Å². The minimum absolute atomic E-state index is 0.896. The van der Waals surface area contributed by atoms with Crippen LogP contribution in [-0.4, -0.2) is 30.7 Å². The predicted molar refractivity (Wildman–Crippen MR) is 403 cm³/mol. The van der Waals surface area contributed by atoms with Crippen molar-refractivity contribution in [3.8, 4) is 0 Å². The van der Waals surface area contributed by atoms with Gasteiger partial charge in [0.25, 0.3) is 0 Å². The summed E-state index contributed by atoms with van der Waals surface area (Å²) in [6.07, 6.45) is 115. The molecule has 0 fully saturated rings. The number of hydrogen-bond donors (Lipinski definition) is 0. The number of nitrogens with zero attached hydrogens (tertiary/aromatic N) is 1. The average Bonchev–Trinajstić information content (AvgIpc) is 3.69. The van der Waals surface area contributed by atoms with Crippen LogP contribution in [0.25, 0.3) is 0 Å². The summed E-state index contributed by atoms with van der Waals surface area (Å²) in [5, 5.41) is 0. The maximum Gasteiger partial charge on any atom is 0.0888 e. The Labute approximate surface area is 556 Å². The van der Waals surface area contributed by atoms with E-state index in [2.05, 4.69) is 34.7 Å². The molecule has 0 unspecified atom stereocenters. The zero-order chi connectivity index (χ0) is 62.6. The van der Waals surface area contributed by atoms with Crippen molar-refractivity contribution in [2.45, 2.75) is 535 Å². The minimum Gasteiger partial charge on any atom is -0.324 e. The number of hydrogen-bond acceptors (Lipinski definition) is 0. The maximum absolute atomic E-state index is 2.79. The highest BCUT2D eigenvalue weighted by Crippen LogP contribution is 2.28. The second-order valence-corrected chi connectivity index (χ2v) is 30.6. The molecule has 0 saturated heterocycles. The summed E-state index contributed by atoms with van der Waals surface area (Å²) in [5.41, 5.74) is 0. The quantitative estimate of drug-likeness (QED) is 0.0421. The van der Waals surface area contributed by atoms with Crippen LogP contribution in [0.5, 0.6) is 0 Å². The predicted octanol–water partition coefficient (Wildman–Crippen LogP) is 32.3. The molecule has 0 atom stereocenters. The minimum atomic E-state index is 0.896. The third kappa shape index (κ3) is 71.7. The Hall–Kier alpha value is -0.0400. The van der Waals surface area contributed by atoms with Gasteiger partial charge >= 0.3 is 0 Å². The lowest BCUT2D eigenvalue weighted by Gasteiger charge is -2.43. The van der Waals surface area contributed by atoms with E-state index in [1.54, 1.807) is 0 Å². The molecule has 0 aliphatic heterocycles. The number of quaternary nitrogens is 1. The van der Waals surface area contributed by atoms with Gasteiger partial charge in [-0.3, -0.25) is 0 Å². The molecule has 0 amide bonds. The van der Waals surface area contributed by atoms with E-state index in [1.807, 2.05) is 0 Å². The van der Waals surface area contributed by atoms with Crippen molar-refractivity contribution in [3.05, 3.63) is 0 Å². The third-order valence-electron chi connectivity index (χ3n) is 21.7. The van der Waals surface area contributed by atoms with E-state index in [1.165, 1.54) is 518 Å². The fourth-order valence-electron chi connectivity index (χ4n) is 15.3. The van der Waals surface area contributed by atoms with Gasteiger partial charge in [0.2, 0.25) is 0 Å².